The molecule has 1 fully saturated rings. The van der Waals surface area contributed by atoms with E-state index >= 15 is 0 Å². The molecule has 2 aromatic rings. The van der Waals surface area contributed by atoms with Gasteiger partial charge in [-0.1, -0.05) is 13.8 Å². The van der Waals surface area contributed by atoms with E-state index in [1.807, 2.05) is 33.0 Å². The average Bonchev–Trinajstić information content (AvgIpc) is 3.57. The fourth-order valence-electron chi connectivity index (χ4n) is 4.30. The topological polar surface area (TPSA) is 100 Å². The van der Waals surface area contributed by atoms with Gasteiger partial charge in [0, 0.05) is 41.7 Å². The highest BCUT2D eigenvalue weighted by atomic mass is 32.2. The molecule has 0 spiro atoms. The number of rotatable bonds is 7. The Morgan fingerprint density at radius 3 is 2.65 bits per heavy atom. The summed E-state index contributed by atoms with van der Waals surface area (Å²) < 4.78 is 29.4. The van der Waals surface area contributed by atoms with Crippen molar-refractivity contribution in [3.63, 3.8) is 0 Å². The first-order valence-electron chi connectivity index (χ1n) is 11.3. The molecule has 1 aromatic carbocycles. The van der Waals surface area contributed by atoms with E-state index in [0.717, 1.165) is 59.7 Å². The van der Waals surface area contributed by atoms with Crippen molar-refractivity contribution in [1.82, 2.24) is 20.3 Å². The Bertz CT molecular complexity index is 1090. The molecule has 0 unspecified atom stereocenters. The van der Waals surface area contributed by atoms with Gasteiger partial charge in [-0.15, -0.1) is 0 Å². The zero-order valence-electron chi connectivity index (χ0n) is 18.5. The summed E-state index contributed by atoms with van der Waals surface area (Å²) >= 11 is 0. The van der Waals surface area contributed by atoms with Crippen LogP contribution in [0, 0.1) is 5.92 Å². The van der Waals surface area contributed by atoms with Gasteiger partial charge in [-0.25, -0.2) is 17.9 Å². The van der Waals surface area contributed by atoms with Gasteiger partial charge >= 0.3 is 6.03 Å². The number of aromatic nitrogens is 1. The summed E-state index contributed by atoms with van der Waals surface area (Å²) in [5.74, 6) is 0.640. The van der Waals surface area contributed by atoms with E-state index in [1.165, 1.54) is 0 Å². The van der Waals surface area contributed by atoms with E-state index in [0.29, 0.717) is 19.0 Å². The molecule has 0 aliphatic heterocycles. The molecule has 0 bridgehead atoms. The number of aryl methyl sites for hydroxylation is 1. The lowest BCUT2D eigenvalue weighted by Crippen LogP contribution is -2.39. The van der Waals surface area contributed by atoms with Crippen molar-refractivity contribution in [2.75, 3.05) is 13.1 Å². The Labute approximate surface area is 184 Å². The standard InChI is InChI=1S/C23H32N4O3S/c1-4-24-23(28)27-20-7-5-6-16-17(20)11-22(31(29,30)26-12-14(2)3)18-10-21(15-8-9-15)25-13-19(16)18/h10-11,13-15,20,26H,4-9,12H2,1-3H3,(H2,24,27,28)/t20-/m0/s1. The Kier molecular flexibility index (Phi) is 6.21. The number of carbonyl (C=O) groups excluding carboxylic acids is 1. The van der Waals surface area contributed by atoms with E-state index in [-0.39, 0.29) is 22.9 Å². The van der Waals surface area contributed by atoms with Crippen molar-refractivity contribution in [1.29, 1.82) is 0 Å². The lowest BCUT2D eigenvalue weighted by atomic mass is 9.84. The van der Waals surface area contributed by atoms with Crippen LogP contribution in [0.25, 0.3) is 10.8 Å². The molecule has 1 saturated carbocycles. The number of sulfonamides is 1. The number of pyridine rings is 1. The second kappa shape index (κ2) is 8.74. The molecule has 4 rings (SSSR count). The number of amides is 2. The summed E-state index contributed by atoms with van der Waals surface area (Å²) in [6.07, 6.45) is 6.62. The second-order valence-electron chi connectivity index (χ2n) is 9.07. The molecule has 31 heavy (non-hydrogen) atoms. The highest BCUT2D eigenvalue weighted by molar-refractivity contribution is 7.89. The number of carbonyl (C=O) groups is 1. The summed E-state index contributed by atoms with van der Waals surface area (Å²) in [6.45, 7) is 6.75. The van der Waals surface area contributed by atoms with Gasteiger partial charge in [0.2, 0.25) is 10.0 Å². The molecular weight excluding hydrogens is 412 g/mol. The lowest BCUT2D eigenvalue weighted by molar-refractivity contribution is 0.236. The molecule has 0 saturated heterocycles. The quantitative estimate of drug-likeness (QED) is 0.606. The molecule has 7 nitrogen and oxygen atoms in total. The van der Waals surface area contributed by atoms with Crippen LogP contribution in [-0.4, -0.2) is 32.5 Å². The van der Waals surface area contributed by atoms with Gasteiger partial charge in [-0.3, -0.25) is 4.98 Å². The summed E-state index contributed by atoms with van der Waals surface area (Å²) in [4.78, 5) is 17.2. The minimum absolute atomic E-state index is 0.203. The Morgan fingerprint density at radius 1 is 1.19 bits per heavy atom. The molecular formula is C23H32N4O3S. The van der Waals surface area contributed by atoms with Crippen LogP contribution in [0.15, 0.2) is 23.2 Å². The number of nitrogens with one attached hydrogen (secondary N) is 3. The maximum absolute atomic E-state index is 13.3. The maximum atomic E-state index is 13.3. The molecule has 1 heterocycles. The van der Waals surface area contributed by atoms with Crippen molar-refractivity contribution < 1.29 is 13.2 Å². The number of hydrogen-bond acceptors (Lipinski definition) is 4. The zero-order valence-corrected chi connectivity index (χ0v) is 19.3. The molecule has 8 heteroatoms. The Hall–Kier alpha value is -2.19. The van der Waals surface area contributed by atoms with Crippen LogP contribution >= 0.6 is 0 Å². The highest BCUT2D eigenvalue weighted by Gasteiger charge is 2.30. The highest BCUT2D eigenvalue weighted by Crippen LogP contribution is 2.42. The first-order valence-corrected chi connectivity index (χ1v) is 12.8. The normalized spacial score (nSPS) is 18.8. The van der Waals surface area contributed by atoms with Gasteiger partial charge in [-0.2, -0.15) is 0 Å². The lowest BCUT2D eigenvalue weighted by Gasteiger charge is -2.29. The molecule has 3 N–H and O–H groups in total. The van der Waals surface area contributed by atoms with Crippen molar-refractivity contribution in [3.05, 3.63) is 35.2 Å². The van der Waals surface area contributed by atoms with Gasteiger partial charge in [-0.05, 0) is 68.2 Å². The number of nitrogens with zero attached hydrogens (tertiary/aromatic N) is 1. The van der Waals surface area contributed by atoms with E-state index in [9.17, 15) is 13.2 Å². The fourth-order valence-corrected chi connectivity index (χ4v) is 5.75. The number of hydrogen-bond donors (Lipinski definition) is 3. The van der Waals surface area contributed by atoms with Gasteiger partial charge < -0.3 is 10.6 Å². The van der Waals surface area contributed by atoms with Gasteiger partial charge in [0.15, 0.2) is 0 Å². The minimum atomic E-state index is -3.71. The first-order chi connectivity index (χ1) is 14.8. The Morgan fingerprint density at radius 2 is 1.97 bits per heavy atom. The van der Waals surface area contributed by atoms with Crippen LogP contribution < -0.4 is 15.4 Å². The van der Waals surface area contributed by atoms with Crippen LogP contribution in [-0.2, 0) is 16.4 Å². The van der Waals surface area contributed by atoms with Crippen LogP contribution in [0.3, 0.4) is 0 Å². The fraction of sp³-hybridized carbons (Fsp3) is 0.565. The van der Waals surface area contributed by atoms with Crippen molar-refractivity contribution >= 4 is 26.8 Å². The second-order valence-corrected chi connectivity index (χ2v) is 10.8. The summed E-state index contributed by atoms with van der Waals surface area (Å²) in [6, 6.07) is 3.30. The first kappa shape index (κ1) is 22.0. The summed E-state index contributed by atoms with van der Waals surface area (Å²) in [7, 11) is -3.71. The van der Waals surface area contributed by atoms with E-state index in [4.69, 9.17) is 0 Å². The van der Waals surface area contributed by atoms with Crippen LogP contribution in [0.4, 0.5) is 4.79 Å². The van der Waals surface area contributed by atoms with Crippen LogP contribution in [0.1, 0.15) is 75.2 Å². The average molecular weight is 445 g/mol. The maximum Gasteiger partial charge on any atom is 0.315 e. The van der Waals surface area contributed by atoms with E-state index < -0.39 is 10.0 Å². The van der Waals surface area contributed by atoms with Crippen molar-refractivity contribution in [2.24, 2.45) is 5.92 Å². The summed E-state index contributed by atoms with van der Waals surface area (Å²) in [5.41, 5.74) is 2.96. The zero-order chi connectivity index (χ0) is 22.2. The molecule has 1 aromatic heterocycles. The Balaban J connectivity index is 1.85. The van der Waals surface area contributed by atoms with Crippen molar-refractivity contribution in [3.8, 4) is 0 Å². The molecule has 168 valence electrons. The number of fused-ring (bicyclic) bond motifs is 3. The third-order valence-electron chi connectivity index (χ3n) is 6.06. The largest absolute Gasteiger partial charge is 0.338 e. The predicted molar refractivity (Wildman–Crippen MR) is 122 cm³/mol. The molecule has 0 radical (unpaired) electrons. The minimum Gasteiger partial charge on any atom is -0.338 e. The van der Waals surface area contributed by atoms with Gasteiger partial charge in [0.25, 0.3) is 0 Å². The molecule has 1 atom stereocenters. The van der Waals surface area contributed by atoms with Crippen LogP contribution in [0.2, 0.25) is 0 Å². The van der Waals surface area contributed by atoms with Gasteiger partial charge in [0.05, 0.1) is 10.9 Å². The van der Waals surface area contributed by atoms with E-state index in [2.05, 4.69) is 20.3 Å². The SMILES string of the molecule is CCNC(=O)N[C@H]1CCCc2c1cc(S(=O)(=O)NCC(C)C)c1cc(C3CC3)ncc21. The van der Waals surface area contributed by atoms with Crippen LogP contribution in [0.5, 0.6) is 0 Å². The third kappa shape index (κ3) is 4.70. The third-order valence-corrected chi connectivity index (χ3v) is 7.52. The monoisotopic (exact) mass is 444 g/mol. The predicted octanol–water partition coefficient (Wildman–Crippen LogP) is 3.74. The van der Waals surface area contributed by atoms with E-state index in [1.54, 1.807) is 6.07 Å². The smallest absolute Gasteiger partial charge is 0.315 e. The van der Waals surface area contributed by atoms with Crippen molar-refractivity contribution in [2.45, 2.75) is 69.7 Å². The number of urea groups is 1. The molecule has 2 amide bonds. The molecule has 2 aliphatic carbocycles. The number of benzene rings is 1. The molecule has 2 aliphatic rings. The van der Waals surface area contributed by atoms with Gasteiger partial charge in [0.1, 0.15) is 0 Å². The summed E-state index contributed by atoms with van der Waals surface area (Å²) in [5, 5.41) is 7.42.